The molecule has 2 aromatic carbocycles. The van der Waals surface area contributed by atoms with Crippen LogP contribution in [0.2, 0.25) is 5.02 Å². The first-order valence-corrected chi connectivity index (χ1v) is 9.96. The van der Waals surface area contributed by atoms with Gasteiger partial charge in [0.05, 0.1) is 4.90 Å². The number of benzene rings is 2. The minimum atomic E-state index is -3.54. The molecule has 1 heterocycles. The second-order valence-corrected chi connectivity index (χ2v) is 8.18. The quantitative estimate of drug-likeness (QED) is 0.854. The van der Waals surface area contributed by atoms with Gasteiger partial charge in [-0.15, -0.1) is 0 Å². The van der Waals surface area contributed by atoms with Crippen LogP contribution in [-0.2, 0) is 10.0 Å². The Bertz CT molecular complexity index is 757. The highest BCUT2D eigenvalue weighted by molar-refractivity contribution is 7.89. The van der Waals surface area contributed by atoms with Gasteiger partial charge in [-0.05, 0) is 55.8 Å². The molecule has 1 aliphatic rings. The Kier molecular flexibility index (Phi) is 5.56. The largest absolute Gasteiger partial charge is 0.295 e. The molecule has 6 heteroatoms. The molecule has 0 saturated carbocycles. The van der Waals surface area contributed by atoms with Gasteiger partial charge in [0.25, 0.3) is 0 Å². The number of nitrogens with one attached hydrogen (secondary N) is 1. The number of rotatable bonds is 6. The fourth-order valence-corrected chi connectivity index (χ4v) is 4.24. The zero-order valence-corrected chi connectivity index (χ0v) is 14.9. The van der Waals surface area contributed by atoms with Crippen molar-refractivity contribution < 1.29 is 8.42 Å². The Morgan fingerprint density at radius 2 is 1.62 bits per heavy atom. The van der Waals surface area contributed by atoms with E-state index in [-0.39, 0.29) is 10.9 Å². The minimum absolute atomic E-state index is 0.0516. The van der Waals surface area contributed by atoms with Crippen molar-refractivity contribution in [1.82, 2.24) is 9.62 Å². The molecule has 24 heavy (non-hydrogen) atoms. The molecule has 1 saturated heterocycles. The van der Waals surface area contributed by atoms with E-state index in [0.717, 1.165) is 31.5 Å². The predicted octanol–water partition coefficient (Wildman–Crippen LogP) is 3.46. The van der Waals surface area contributed by atoms with Crippen molar-refractivity contribution in [3.8, 4) is 0 Å². The molecule has 2 aromatic rings. The minimum Gasteiger partial charge on any atom is -0.295 e. The summed E-state index contributed by atoms with van der Waals surface area (Å²) in [5.74, 6) is 0. The van der Waals surface area contributed by atoms with Crippen molar-refractivity contribution in [1.29, 1.82) is 0 Å². The molecule has 1 aliphatic heterocycles. The van der Waals surface area contributed by atoms with Gasteiger partial charge in [-0.2, -0.15) is 0 Å². The van der Waals surface area contributed by atoms with Crippen LogP contribution in [0.15, 0.2) is 59.5 Å². The molecule has 0 unspecified atom stereocenters. The SMILES string of the molecule is O=S(=O)(NC[C@@H](c1ccccc1)N1CCCC1)c1ccc(Cl)cc1. The summed E-state index contributed by atoms with van der Waals surface area (Å²) in [7, 11) is -3.54. The Morgan fingerprint density at radius 1 is 1.00 bits per heavy atom. The number of halogens is 1. The molecule has 1 fully saturated rings. The Morgan fingerprint density at radius 3 is 2.25 bits per heavy atom. The third-order valence-electron chi connectivity index (χ3n) is 4.36. The monoisotopic (exact) mass is 364 g/mol. The topological polar surface area (TPSA) is 49.4 Å². The van der Waals surface area contributed by atoms with Gasteiger partial charge in [-0.1, -0.05) is 41.9 Å². The summed E-state index contributed by atoms with van der Waals surface area (Å²) < 4.78 is 27.8. The third kappa shape index (κ3) is 4.16. The predicted molar refractivity (Wildman–Crippen MR) is 96.6 cm³/mol. The van der Waals surface area contributed by atoms with E-state index >= 15 is 0 Å². The van der Waals surface area contributed by atoms with Gasteiger partial charge in [0.15, 0.2) is 0 Å². The zero-order valence-electron chi connectivity index (χ0n) is 13.4. The molecular formula is C18H21ClN2O2S. The fourth-order valence-electron chi connectivity index (χ4n) is 3.07. The highest BCUT2D eigenvalue weighted by Gasteiger charge is 2.25. The van der Waals surface area contributed by atoms with Crippen LogP contribution in [0.5, 0.6) is 0 Å². The van der Waals surface area contributed by atoms with Crippen molar-refractivity contribution in [3.63, 3.8) is 0 Å². The summed E-state index contributed by atoms with van der Waals surface area (Å²) in [5, 5.41) is 0.521. The van der Waals surface area contributed by atoms with E-state index in [1.807, 2.05) is 18.2 Å². The molecule has 128 valence electrons. The Balaban J connectivity index is 1.76. The first kappa shape index (κ1) is 17.4. The third-order valence-corrected chi connectivity index (χ3v) is 6.05. The van der Waals surface area contributed by atoms with E-state index in [1.165, 1.54) is 12.1 Å². The van der Waals surface area contributed by atoms with Crippen LogP contribution in [0.25, 0.3) is 0 Å². The first-order valence-electron chi connectivity index (χ1n) is 8.10. The summed E-state index contributed by atoms with van der Waals surface area (Å²) >= 11 is 5.83. The highest BCUT2D eigenvalue weighted by atomic mass is 35.5. The molecule has 0 spiro atoms. The van der Waals surface area contributed by atoms with Crippen molar-refractivity contribution in [2.75, 3.05) is 19.6 Å². The van der Waals surface area contributed by atoms with Crippen molar-refractivity contribution in [2.45, 2.75) is 23.8 Å². The molecule has 0 radical (unpaired) electrons. The maximum atomic E-state index is 12.5. The fraction of sp³-hybridized carbons (Fsp3) is 0.333. The van der Waals surface area contributed by atoms with Crippen molar-refractivity contribution in [2.24, 2.45) is 0 Å². The van der Waals surface area contributed by atoms with Crippen LogP contribution in [0.3, 0.4) is 0 Å². The highest BCUT2D eigenvalue weighted by Crippen LogP contribution is 2.25. The molecule has 1 N–H and O–H groups in total. The molecule has 3 rings (SSSR count). The summed E-state index contributed by atoms with van der Waals surface area (Å²) in [6.45, 7) is 2.36. The second kappa shape index (κ2) is 7.66. The average Bonchev–Trinajstić information content (AvgIpc) is 3.11. The van der Waals surface area contributed by atoms with E-state index in [0.29, 0.717) is 11.6 Å². The molecule has 4 nitrogen and oxygen atoms in total. The van der Waals surface area contributed by atoms with Gasteiger partial charge >= 0.3 is 0 Å². The van der Waals surface area contributed by atoms with Crippen LogP contribution < -0.4 is 4.72 Å². The molecule has 1 atom stereocenters. The molecule has 0 amide bonds. The van der Waals surface area contributed by atoms with Gasteiger partial charge in [0.2, 0.25) is 10.0 Å². The first-order chi connectivity index (χ1) is 11.6. The van der Waals surface area contributed by atoms with Crippen LogP contribution in [0.4, 0.5) is 0 Å². The van der Waals surface area contributed by atoms with Gasteiger partial charge < -0.3 is 0 Å². The number of nitrogens with zero attached hydrogens (tertiary/aromatic N) is 1. The van der Waals surface area contributed by atoms with Gasteiger partial charge in [-0.25, -0.2) is 13.1 Å². The number of sulfonamides is 1. The number of hydrogen-bond donors (Lipinski definition) is 1. The maximum Gasteiger partial charge on any atom is 0.240 e. The number of hydrogen-bond acceptors (Lipinski definition) is 3. The van der Waals surface area contributed by atoms with Crippen LogP contribution in [0, 0.1) is 0 Å². The number of likely N-dealkylation sites (tertiary alicyclic amines) is 1. The molecule has 0 aliphatic carbocycles. The van der Waals surface area contributed by atoms with Crippen LogP contribution in [0.1, 0.15) is 24.4 Å². The summed E-state index contributed by atoms with van der Waals surface area (Å²) in [5.41, 5.74) is 1.14. The van der Waals surface area contributed by atoms with E-state index in [1.54, 1.807) is 12.1 Å². The lowest BCUT2D eigenvalue weighted by Gasteiger charge is -2.28. The van der Waals surface area contributed by atoms with Gasteiger partial charge in [0, 0.05) is 17.6 Å². The molecule has 0 aromatic heterocycles. The second-order valence-electron chi connectivity index (χ2n) is 5.98. The lowest BCUT2D eigenvalue weighted by Crippen LogP contribution is -2.36. The van der Waals surface area contributed by atoms with E-state index in [9.17, 15) is 8.42 Å². The van der Waals surface area contributed by atoms with Crippen LogP contribution in [-0.4, -0.2) is 33.0 Å². The summed E-state index contributed by atoms with van der Waals surface area (Å²) in [6, 6.07) is 16.3. The van der Waals surface area contributed by atoms with E-state index in [2.05, 4.69) is 21.8 Å². The lowest BCUT2D eigenvalue weighted by molar-refractivity contribution is 0.246. The summed E-state index contributed by atoms with van der Waals surface area (Å²) in [6.07, 6.45) is 2.32. The Hall–Kier alpha value is -1.40. The average molecular weight is 365 g/mol. The smallest absolute Gasteiger partial charge is 0.240 e. The maximum absolute atomic E-state index is 12.5. The normalized spacial score (nSPS) is 17.0. The van der Waals surface area contributed by atoms with Crippen molar-refractivity contribution in [3.05, 3.63) is 65.2 Å². The van der Waals surface area contributed by atoms with Gasteiger partial charge in [0.1, 0.15) is 0 Å². The summed E-state index contributed by atoms with van der Waals surface area (Å²) in [4.78, 5) is 2.58. The van der Waals surface area contributed by atoms with Crippen molar-refractivity contribution >= 4 is 21.6 Å². The van der Waals surface area contributed by atoms with E-state index in [4.69, 9.17) is 11.6 Å². The van der Waals surface area contributed by atoms with Crippen LogP contribution >= 0.6 is 11.6 Å². The molecule has 0 bridgehead atoms. The lowest BCUT2D eigenvalue weighted by atomic mass is 10.1. The molecular weight excluding hydrogens is 344 g/mol. The van der Waals surface area contributed by atoms with E-state index < -0.39 is 10.0 Å². The Labute approximate surface area is 148 Å². The van der Waals surface area contributed by atoms with Gasteiger partial charge in [-0.3, -0.25) is 4.90 Å². The zero-order chi connectivity index (χ0) is 17.0. The standard InChI is InChI=1S/C18H21ClN2O2S/c19-16-8-10-17(11-9-16)24(22,23)20-14-18(21-12-4-5-13-21)15-6-2-1-3-7-15/h1-3,6-11,18,20H,4-5,12-14H2/t18-/m0/s1.